The van der Waals surface area contributed by atoms with E-state index in [2.05, 4.69) is 36.6 Å². The number of hydrogen-bond donors (Lipinski definition) is 3. The SMILES string of the molecule is CN=C(NCCc1c[nH]c2cc(F)ccc12)NCc1ccnc(N2CCCC2)c1.I. The number of hydrogen-bond acceptors (Lipinski definition) is 3. The Labute approximate surface area is 193 Å². The van der Waals surface area contributed by atoms with Crippen LogP contribution in [0.4, 0.5) is 10.2 Å². The van der Waals surface area contributed by atoms with Gasteiger partial charge in [-0.2, -0.15) is 0 Å². The number of pyridine rings is 1. The fraction of sp³-hybridized carbons (Fsp3) is 0.364. The van der Waals surface area contributed by atoms with Gasteiger partial charge in [0.05, 0.1) is 0 Å². The molecule has 1 fully saturated rings. The predicted molar refractivity (Wildman–Crippen MR) is 131 cm³/mol. The molecule has 0 spiro atoms. The molecule has 3 heterocycles. The molecular formula is C22H28FIN6. The highest BCUT2D eigenvalue weighted by atomic mass is 127. The first kappa shape index (κ1) is 22.3. The van der Waals surface area contributed by atoms with Gasteiger partial charge < -0.3 is 20.5 Å². The van der Waals surface area contributed by atoms with Crippen LogP contribution in [0.25, 0.3) is 10.9 Å². The topological polar surface area (TPSA) is 68.3 Å². The van der Waals surface area contributed by atoms with Crippen molar-refractivity contribution in [2.24, 2.45) is 4.99 Å². The van der Waals surface area contributed by atoms with Crippen LogP contribution in [0.5, 0.6) is 0 Å². The van der Waals surface area contributed by atoms with E-state index in [0.717, 1.165) is 54.3 Å². The van der Waals surface area contributed by atoms with Gasteiger partial charge in [0, 0.05) is 56.5 Å². The number of nitrogens with one attached hydrogen (secondary N) is 3. The number of H-pyrrole nitrogens is 1. The molecule has 1 aliphatic rings. The van der Waals surface area contributed by atoms with Crippen molar-refractivity contribution < 1.29 is 4.39 Å². The maximum absolute atomic E-state index is 13.3. The Kier molecular flexibility index (Phi) is 7.89. The number of anilines is 1. The molecule has 1 aromatic carbocycles. The minimum atomic E-state index is -0.224. The summed E-state index contributed by atoms with van der Waals surface area (Å²) < 4.78 is 13.3. The third-order valence-electron chi connectivity index (χ3n) is 5.34. The maximum atomic E-state index is 13.3. The molecule has 160 valence electrons. The summed E-state index contributed by atoms with van der Waals surface area (Å²) in [6.45, 7) is 3.61. The van der Waals surface area contributed by atoms with Crippen molar-refractivity contribution in [1.82, 2.24) is 20.6 Å². The second-order valence-electron chi connectivity index (χ2n) is 7.32. The molecule has 0 bridgehead atoms. The van der Waals surface area contributed by atoms with Gasteiger partial charge in [-0.3, -0.25) is 4.99 Å². The van der Waals surface area contributed by atoms with Gasteiger partial charge in [0.2, 0.25) is 0 Å². The summed E-state index contributed by atoms with van der Waals surface area (Å²) in [7, 11) is 1.77. The summed E-state index contributed by atoms with van der Waals surface area (Å²) in [5, 5.41) is 7.77. The monoisotopic (exact) mass is 522 g/mol. The number of guanidine groups is 1. The van der Waals surface area contributed by atoms with E-state index in [0.29, 0.717) is 6.54 Å². The van der Waals surface area contributed by atoms with Crippen molar-refractivity contribution in [3.05, 3.63) is 59.7 Å². The van der Waals surface area contributed by atoms with Crippen LogP contribution in [0, 0.1) is 5.82 Å². The van der Waals surface area contributed by atoms with Gasteiger partial charge >= 0.3 is 0 Å². The average Bonchev–Trinajstić information content (AvgIpc) is 3.41. The first-order valence-electron chi connectivity index (χ1n) is 10.1. The Hall–Kier alpha value is -2.36. The van der Waals surface area contributed by atoms with Crippen LogP contribution >= 0.6 is 24.0 Å². The Morgan fingerprint density at radius 2 is 2.03 bits per heavy atom. The summed E-state index contributed by atoms with van der Waals surface area (Å²) in [4.78, 5) is 14.3. The van der Waals surface area contributed by atoms with Crippen LogP contribution in [0.15, 0.2) is 47.7 Å². The Balaban J connectivity index is 0.00000256. The van der Waals surface area contributed by atoms with Crippen molar-refractivity contribution in [1.29, 1.82) is 0 Å². The molecule has 1 aliphatic heterocycles. The minimum absolute atomic E-state index is 0. The molecule has 4 rings (SSSR count). The molecule has 0 unspecified atom stereocenters. The molecule has 8 heteroatoms. The Morgan fingerprint density at radius 1 is 1.20 bits per heavy atom. The van der Waals surface area contributed by atoms with E-state index < -0.39 is 0 Å². The lowest BCUT2D eigenvalue weighted by molar-refractivity contribution is 0.629. The molecule has 2 aromatic heterocycles. The van der Waals surface area contributed by atoms with Crippen LogP contribution in [-0.4, -0.2) is 42.6 Å². The zero-order valence-corrected chi connectivity index (χ0v) is 19.4. The number of aromatic nitrogens is 2. The van der Waals surface area contributed by atoms with Gasteiger partial charge in [-0.25, -0.2) is 9.37 Å². The fourth-order valence-corrected chi connectivity index (χ4v) is 3.78. The number of benzene rings is 1. The van der Waals surface area contributed by atoms with Gasteiger partial charge in [0.1, 0.15) is 11.6 Å². The fourth-order valence-electron chi connectivity index (χ4n) is 3.78. The van der Waals surface area contributed by atoms with Gasteiger partial charge in [-0.15, -0.1) is 24.0 Å². The lowest BCUT2D eigenvalue weighted by Crippen LogP contribution is -2.37. The van der Waals surface area contributed by atoms with E-state index in [-0.39, 0.29) is 29.8 Å². The van der Waals surface area contributed by atoms with E-state index in [1.54, 1.807) is 7.05 Å². The largest absolute Gasteiger partial charge is 0.361 e. The highest BCUT2D eigenvalue weighted by Crippen LogP contribution is 2.20. The predicted octanol–water partition coefficient (Wildman–Crippen LogP) is 3.83. The lowest BCUT2D eigenvalue weighted by atomic mass is 10.1. The highest BCUT2D eigenvalue weighted by Gasteiger charge is 2.13. The van der Waals surface area contributed by atoms with Crippen LogP contribution in [0.2, 0.25) is 0 Å². The van der Waals surface area contributed by atoms with E-state index >= 15 is 0 Å². The van der Waals surface area contributed by atoms with Crippen LogP contribution in [0.1, 0.15) is 24.0 Å². The Bertz CT molecular complexity index is 996. The molecule has 3 N–H and O–H groups in total. The van der Waals surface area contributed by atoms with Crippen LogP contribution < -0.4 is 15.5 Å². The summed E-state index contributed by atoms with van der Waals surface area (Å²) >= 11 is 0. The second-order valence-corrected chi connectivity index (χ2v) is 7.32. The van der Waals surface area contributed by atoms with Crippen LogP contribution in [-0.2, 0) is 13.0 Å². The van der Waals surface area contributed by atoms with Gasteiger partial charge in [-0.05, 0) is 60.7 Å². The van der Waals surface area contributed by atoms with Gasteiger partial charge in [-0.1, -0.05) is 0 Å². The zero-order chi connectivity index (χ0) is 20.1. The molecule has 1 saturated heterocycles. The quantitative estimate of drug-likeness (QED) is 0.262. The minimum Gasteiger partial charge on any atom is -0.361 e. The molecular weight excluding hydrogens is 494 g/mol. The van der Waals surface area contributed by atoms with Crippen molar-refractivity contribution in [2.75, 3.05) is 31.6 Å². The summed E-state index contributed by atoms with van der Waals surface area (Å²) in [5.74, 6) is 1.59. The number of fused-ring (bicyclic) bond motifs is 1. The highest BCUT2D eigenvalue weighted by molar-refractivity contribution is 14.0. The molecule has 3 aromatic rings. The maximum Gasteiger partial charge on any atom is 0.191 e. The number of aromatic amines is 1. The van der Waals surface area contributed by atoms with Crippen molar-refractivity contribution >= 4 is 46.7 Å². The Morgan fingerprint density at radius 3 is 2.83 bits per heavy atom. The normalized spacial score (nSPS) is 14.1. The van der Waals surface area contributed by atoms with Gasteiger partial charge in [0.15, 0.2) is 5.96 Å². The molecule has 0 aliphatic carbocycles. The third kappa shape index (κ3) is 5.41. The molecule has 0 amide bonds. The van der Waals surface area contributed by atoms with E-state index in [1.165, 1.54) is 30.5 Å². The lowest BCUT2D eigenvalue weighted by Gasteiger charge is -2.17. The van der Waals surface area contributed by atoms with Crippen molar-refractivity contribution in [2.45, 2.75) is 25.8 Å². The molecule has 30 heavy (non-hydrogen) atoms. The van der Waals surface area contributed by atoms with Crippen LogP contribution in [0.3, 0.4) is 0 Å². The number of rotatable bonds is 6. The summed E-state index contributed by atoms with van der Waals surface area (Å²) in [5.41, 5.74) is 3.17. The molecule has 0 radical (unpaired) electrons. The van der Waals surface area contributed by atoms with E-state index in [1.807, 2.05) is 24.5 Å². The average molecular weight is 522 g/mol. The molecule has 6 nitrogen and oxygen atoms in total. The summed E-state index contributed by atoms with van der Waals surface area (Å²) in [6.07, 6.45) is 7.12. The first-order chi connectivity index (χ1) is 14.2. The number of aliphatic imine (C=N–C) groups is 1. The zero-order valence-electron chi connectivity index (χ0n) is 17.1. The van der Waals surface area contributed by atoms with Gasteiger partial charge in [0.25, 0.3) is 0 Å². The van der Waals surface area contributed by atoms with Crippen molar-refractivity contribution in [3.8, 4) is 0 Å². The van der Waals surface area contributed by atoms with Crippen molar-refractivity contribution in [3.63, 3.8) is 0 Å². The van der Waals surface area contributed by atoms with E-state index in [4.69, 9.17) is 0 Å². The summed E-state index contributed by atoms with van der Waals surface area (Å²) in [6, 6.07) is 9.03. The molecule has 0 atom stereocenters. The van der Waals surface area contributed by atoms with E-state index in [9.17, 15) is 4.39 Å². The second kappa shape index (κ2) is 10.6. The number of nitrogens with zero attached hydrogens (tertiary/aromatic N) is 3. The number of halogens is 2. The standard InChI is InChI=1S/C22H27FN6.HI/c1-24-22(26-9-7-17-15-27-20-13-18(23)4-5-19(17)20)28-14-16-6-8-25-21(12-16)29-10-2-3-11-29;/h4-6,8,12-13,15,27H,2-3,7,9-11,14H2,1H3,(H2,24,26,28);1H. The smallest absolute Gasteiger partial charge is 0.191 e. The third-order valence-corrected chi connectivity index (χ3v) is 5.34. The molecule has 0 saturated carbocycles. The first-order valence-corrected chi connectivity index (χ1v) is 10.1.